The summed E-state index contributed by atoms with van der Waals surface area (Å²) in [6, 6.07) is 5.47. The minimum absolute atomic E-state index is 0.0136. The van der Waals surface area contributed by atoms with Crippen LogP contribution in [0.15, 0.2) is 23.3 Å². The number of benzene rings is 1. The molecule has 0 aliphatic carbocycles. The monoisotopic (exact) mass is 231 g/mol. The average molecular weight is 231 g/mol. The third kappa shape index (κ3) is 2.50. The van der Waals surface area contributed by atoms with Gasteiger partial charge in [-0.25, -0.2) is 9.80 Å². The summed E-state index contributed by atoms with van der Waals surface area (Å²) in [4.78, 5) is 22.2. The van der Waals surface area contributed by atoms with Crippen molar-refractivity contribution in [2.24, 2.45) is 5.10 Å². The molecule has 3 amide bonds. The Labute approximate surface area is 99.1 Å². The van der Waals surface area contributed by atoms with Gasteiger partial charge >= 0.3 is 6.03 Å². The van der Waals surface area contributed by atoms with Crippen LogP contribution in [-0.2, 0) is 4.79 Å². The summed E-state index contributed by atoms with van der Waals surface area (Å²) in [5.41, 5.74) is 3.19. The van der Waals surface area contributed by atoms with Gasteiger partial charge in [0.2, 0.25) is 5.91 Å². The van der Waals surface area contributed by atoms with E-state index in [1.165, 1.54) is 5.56 Å². The van der Waals surface area contributed by atoms with Crippen molar-refractivity contribution in [1.82, 2.24) is 10.3 Å². The highest BCUT2D eigenvalue weighted by Crippen LogP contribution is 2.09. The van der Waals surface area contributed by atoms with Crippen LogP contribution < -0.4 is 5.32 Å². The van der Waals surface area contributed by atoms with Crippen molar-refractivity contribution >= 4 is 18.2 Å². The summed E-state index contributed by atoms with van der Waals surface area (Å²) in [6.45, 7) is 3.98. The highest BCUT2D eigenvalue weighted by atomic mass is 16.2. The normalized spacial score (nSPS) is 15.8. The maximum absolute atomic E-state index is 11.2. The zero-order chi connectivity index (χ0) is 12.4. The number of hydrogen-bond donors (Lipinski definition) is 1. The smallest absolute Gasteiger partial charge is 0.275 e. The number of hydrazone groups is 1. The first kappa shape index (κ1) is 11.3. The van der Waals surface area contributed by atoms with Gasteiger partial charge in [0.05, 0.1) is 6.21 Å². The number of hydrogen-bond acceptors (Lipinski definition) is 3. The topological polar surface area (TPSA) is 61.8 Å². The van der Waals surface area contributed by atoms with E-state index in [2.05, 4.69) is 10.4 Å². The summed E-state index contributed by atoms with van der Waals surface area (Å²) in [5.74, 6) is -0.326. The van der Waals surface area contributed by atoms with E-state index in [9.17, 15) is 9.59 Å². The van der Waals surface area contributed by atoms with Crippen molar-refractivity contribution in [1.29, 1.82) is 0 Å². The molecule has 0 atom stereocenters. The first-order chi connectivity index (χ1) is 8.06. The van der Waals surface area contributed by atoms with E-state index in [0.717, 1.165) is 16.1 Å². The lowest BCUT2D eigenvalue weighted by atomic mass is 10.1. The van der Waals surface area contributed by atoms with Crippen molar-refractivity contribution in [2.45, 2.75) is 13.8 Å². The minimum atomic E-state index is -0.476. The number of nitrogens with zero attached hydrogens (tertiary/aromatic N) is 2. The van der Waals surface area contributed by atoms with E-state index in [1.807, 2.05) is 32.0 Å². The molecule has 88 valence electrons. The fourth-order valence-corrected chi connectivity index (χ4v) is 1.63. The molecule has 0 bridgehead atoms. The van der Waals surface area contributed by atoms with Gasteiger partial charge in [-0.3, -0.25) is 10.1 Å². The number of amides is 3. The second-order valence-electron chi connectivity index (χ2n) is 4.02. The lowest BCUT2D eigenvalue weighted by molar-refractivity contribution is -0.118. The van der Waals surface area contributed by atoms with Gasteiger partial charge in [0.25, 0.3) is 0 Å². The van der Waals surface area contributed by atoms with Crippen LogP contribution in [0.3, 0.4) is 0 Å². The van der Waals surface area contributed by atoms with Crippen molar-refractivity contribution in [2.75, 3.05) is 6.54 Å². The first-order valence-corrected chi connectivity index (χ1v) is 5.29. The predicted molar refractivity (Wildman–Crippen MR) is 63.8 cm³/mol. The van der Waals surface area contributed by atoms with Crippen molar-refractivity contribution in [3.05, 3.63) is 34.9 Å². The largest absolute Gasteiger partial charge is 0.344 e. The standard InChI is InChI=1S/C12H13N3O2/c1-8-3-4-10(9(2)5-8)6-13-15-7-11(16)14-12(15)17/h3-6H,7H2,1-2H3,(H,14,16,17)/b13-6-. The number of aryl methyl sites for hydroxylation is 2. The van der Waals surface area contributed by atoms with Crippen LogP contribution in [0.25, 0.3) is 0 Å². The number of carbonyl (C=O) groups excluding carboxylic acids is 2. The molecular weight excluding hydrogens is 218 g/mol. The van der Waals surface area contributed by atoms with Crippen LogP contribution in [0.2, 0.25) is 0 Å². The van der Waals surface area contributed by atoms with E-state index < -0.39 is 6.03 Å². The van der Waals surface area contributed by atoms with Crippen molar-refractivity contribution in [3.8, 4) is 0 Å². The fourth-order valence-electron chi connectivity index (χ4n) is 1.63. The zero-order valence-corrected chi connectivity index (χ0v) is 9.73. The third-order valence-electron chi connectivity index (χ3n) is 2.54. The van der Waals surface area contributed by atoms with Crippen molar-refractivity contribution < 1.29 is 9.59 Å². The molecule has 0 aromatic heterocycles. The number of rotatable bonds is 2. The summed E-state index contributed by atoms with van der Waals surface area (Å²) in [6.07, 6.45) is 1.59. The molecule has 1 fully saturated rings. The maximum Gasteiger partial charge on any atom is 0.344 e. The van der Waals surface area contributed by atoms with Crippen LogP contribution >= 0.6 is 0 Å². The fraction of sp³-hybridized carbons (Fsp3) is 0.250. The molecule has 5 nitrogen and oxygen atoms in total. The molecule has 0 unspecified atom stereocenters. The Kier molecular flexibility index (Phi) is 2.91. The lowest BCUT2D eigenvalue weighted by Gasteiger charge is -2.05. The quantitative estimate of drug-likeness (QED) is 0.614. The number of imide groups is 1. The predicted octanol–water partition coefficient (Wildman–Crippen LogP) is 1.19. The van der Waals surface area contributed by atoms with E-state index in [0.29, 0.717) is 0 Å². The van der Waals surface area contributed by atoms with Gasteiger partial charge in [0.1, 0.15) is 6.54 Å². The molecule has 17 heavy (non-hydrogen) atoms. The Morgan fingerprint density at radius 2 is 2.12 bits per heavy atom. The molecule has 5 heteroatoms. The summed E-state index contributed by atoms with van der Waals surface area (Å²) in [7, 11) is 0. The van der Waals surface area contributed by atoms with E-state index >= 15 is 0 Å². The molecule has 1 heterocycles. The molecular formula is C12H13N3O2. The average Bonchev–Trinajstić information content (AvgIpc) is 2.56. The van der Waals surface area contributed by atoms with Crippen LogP contribution in [0.5, 0.6) is 0 Å². The lowest BCUT2D eigenvalue weighted by Crippen LogP contribution is -2.24. The second kappa shape index (κ2) is 4.37. The molecule has 0 radical (unpaired) electrons. The van der Waals surface area contributed by atoms with Gasteiger partial charge in [-0.2, -0.15) is 5.10 Å². The van der Waals surface area contributed by atoms with Gasteiger partial charge in [-0.15, -0.1) is 0 Å². The van der Waals surface area contributed by atoms with Gasteiger partial charge in [0, 0.05) is 0 Å². The Bertz CT molecular complexity index is 508. The highest BCUT2D eigenvalue weighted by Gasteiger charge is 2.25. The minimum Gasteiger partial charge on any atom is -0.275 e. The summed E-state index contributed by atoms with van der Waals surface area (Å²) >= 11 is 0. The molecule has 0 spiro atoms. The van der Waals surface area contributed by atoms with Crippen molar-refractivity contribution in [3.63, 3.8) is 0 Å². The van der Waals surface area contributed by atoms with Gasteiger partial charge in [0.15, 0.2) is 0 Å². The summed E-state index contributed by atoms with van der Waals surface area (Å²) < 4.78 is 0. The van der Waals surface area contributed by atoms with E-state index in [-0.39, 0.29) is 12.5 Å². The molecule has 1 aromatic carbocycles. The van der Waals surface area contributed by atoms with Gasteiger partial charge in [-0.1, -0.05) is 23.8 Å². The van der Waals surface area contributed by atoms with Gasteiger partial charge < -0.3 is 0 Å². The van der Waals surface area contributed by atoms with Crippen LogP contribution in [0, 0.1) is 13.8 Å². The van der Waals surface area contributed by atoms with Crippen LogP contribution in [0.1, 0.15) is 16.7 Å². The Morgan fingerprint density at radius 1 is 1.35 bits per heavy atom. The van der Waals surface area contributed by atoms with Crippen LogP contribution in [0.4, 0.5) is 4.79 Å². The molecule has 2 rings (SSSR count). The molecule has 1 saturated heterocycles. The Balaban J connectivity index is 2.15. The maximum atomic E-state index is 11.2. The van der Waals surface area contributed by atoms with Gasteiger partial charge in [-0.05, 0) is 25.0 Å². The molecule has 1 aromatic rings. The van der Waals surface area contributed by atoms with E-state index in [1.54, 1.807) is 6.21 Å². The summed E-state index contributed by atoms with van der Waals surface area (Å²) in [5, 5.41) is 7.26. The zero-order valence-electron chi connectivity index (χ0n) is 9.73. The number of urea groups is 1. The van der Waals surface area contributed by atoms with E-state index in [4.69, 9.17) is 0 Å². The molecule has 1 aliphatic rings. The number of nitrogens with one attached hydrogen (secondary N) is 1. The first-order valence-electron chi connectivity index (χ1n) is 5.29. The molecule has 0 saturated carbocycles. The van der Waals surface area contributed by atoms with Crippen LogP contribution in [-0.4, -0.2) is 29.7 Å². The molecule has 1 N–H and O–H groups in total. The molecule has 1 aliphatic heterocycles. The number of carbonyl (C=O) groups is 2. The second-order valence-corrected chi connectivity index (χ2v) is 4.02. The highest BCUT2D eigenvalue weighted by molar-refractivity contribution is 6.02. The SMILES string of the molecule is Cc1ccc(/C=N\N2CC(=O)NC2=O)c(C)c1. The Morgan fingerprint density at radius 3 is 2.71 bits per heavy atom. The third-order valence-corrected chi connectivity index (χ3v) is 2.54. The Hall–Kier alpha value is -2.17.